The van der Waals surface area contributed by atoms with Gasteiger partial charge in [-0.1, -0.05) is 42.3 Å². The molecule has 0 amide bonds. The largest absolute Gasteiger partial charge is 0.380 e. The molecule has 0 saturated carbocycles. The molecule has 2 aromatic rings. The van der Waals surface area contributed by atoms with E-state index in [2.05, 4.69) is 30.4 Å². The normalized spacial score (nSPS) is 10.5. The summed E-state index contributed by atoms with van der Waals surface area (Å²) in [4.78, 5) is 1.25. The summed E-state index contributed by atoms with van der Waals surface area (Å²) >= 11 is 14.0. The molecule has 0 heterocycles. The number of halogens is 2. The zero-order valence-electron chi connectivity index (χ0n) is 10.6. The SMILES string of the molecule is CCSc1ccccc1NCc1cc(Cl)ccc1Cl. The number of hydrogen-bond acceptors (Lipinski definition) is 2. The minimum absolute atomic E-state index is 0.667. The molecule has 2 rings (SSSR count). The molecule has 0 aromatic heterocycles. The van der Waals surface area contributed by atoms with Crippen LogP contribution < -0.4 is 5.32 Å². The van der Waals surface area contributed by atoms with Gasteiger partial charge in [0.25, 0.3) is 0 Å². The van der Waals surface area contributed by atoms with Gasteiger partial charge < -0.3 is 5.32 Å². The van der Waals surface area contributed by atoms with Crippen LogP contribution >= 0.6 is 35.0 Å². The standard InChI is InChI=1S/C15H15Cl2NS/c1-2-19-15-6-4-3-5-14(15)18-10-11-9-12(16)7-8-13(11)17/h3-9,18H,2,10H2,1H3. The van der Waals surface area contributed by atoms with Crippen LogP contribution in [0.25, 0.3) is 0 Å². The van der Waals surface area contributed by atoms with Crippen molar-refractivity contribution < 1.29 is 0 Å². The van der Waals surface area contributed by atoms with E-state index in [9.17, 15) is 0 Å². The molecule has 0 aliphatic heterocycles. The van der Waals surface area contributed by atoms with Crippen LogP contribution in [0.3, 0.4) is 0 Å². The average Bonchev–Trinajstić information content (AvgIpc) is 2.42. The third kappa shape index (κ3) is 4.07. The fourth-order valence-corrected chi connectivity index (χ4v) is 2.92. The fraction of sp³-hybridized carbons (Fsp3) is 0.200. The lowest BCUT2D eigenvalue weighted by atomic mass is 10.2. The van der Waals surface area contributed by atoms with Crippen molar-refractivity contribution in [3.8, 4) is 0 Å². The third-order valence-electron chi connectivity index (χ3n) is 2.66. The zero-order chi connectivity index (χ0) is 13.7. The Morgan fingerprint density at radius 1 is 1.11 bits per heavy atom. The molecular formula is C15H15Cl2NS. The van der Waals surface area contributed by atoms with Gasteiger partial charge in [0.05, 0.1) is 0 Å². The number of benzene rings is 2. The predicted octanol–water partition coefficient (Wildman–Crippen LogP) is 5.72. The predicted molar refractivity (Wildman–Crippen MR) is 86.6 cm³/mol. The summed E-state index contributed by atoms with van der Waals surface area (Å²) in [7, 11) is 0. The monoisotopic (exact) mass is 311 g/mol. The topological polar surface area (TPSA) is 12.0 Å². The molecule has 19 heavy (non-hydrogen) atoms. The molecule has 0 saturated heterocycles. The van der Waals surface area contributed by atoms with Crippen molar-refractivity contribution in [1.29, 1.82) is 0 Å². The quantitative estimate of drug-likeness (QED) is 0.709. The Kier molecular flexibility index (Phi) is 5.44. The summed E-state index contributed by atoms with van der Waals surface area (Å²) in [6, 6.07) is 13.8. The van der Waals surface area contributed by atoms with E-state index in [0.29, 0.717) is 11.6 Å². The number of anilines is 1. The molecular weight excluding hydrogens is 297 g/mol. The van der Waals surface area contributed by atoms with Crippen LogP contribution in [0, 0.1) is 0 Å². The van der Waals surface area contributed by atoms with Gasteiger partial charge in [-0.05, 0) is 41.6 Å². The van der Waals surface area contributed by atoms with E-state index in [1.807, 2.05) is 30.0 Å². The van der Waals surface area contributed by atoms with Crippen LogP contribution in [-0.2, 0) is 6.54 Å². The molecule has 0 fully saturated rings. The Balaban J connectivity index is 2.12. The molecule has 0 spiro atoms. The smallest absolute Gasteiger partial charge is 0.0481 e. The Bertz CT molecular complexity index is 558. The lowest BCUT2D eigenvalue weighted by Crippen LogP contribution is -2.01. The Hall–Kier alpha value is -0.830. The highest BCUT2D eigenvalue weighted by Crippen LogP contribution is 2.28. The summed E-state index contributed by atoms with van der Waals surface area (Å²) in [6.45, 7) is 2.82. The van der Waals surface area contributed by atoms with Crippen LogP contribution in [-0.4, -0.2) is 5.75 Å². The maximum Gasteiger partial charge on any atom is 0.0481 e. The van der Waals surface area contributed by atoms with Crippen molar-refractivity contribution in [1.82, 2.24) is 0 Å². The van der Waals surface area contributed by atoms with Crippen molar-refractivity contribution in [3.63, 3.8) is 0 Å². The van der Waals surface area contributed by atoms with Crippen LogP contribution in [0.5, 0.6) is 0 Å². The van der Waals surface area contributed by atoms with E-state index in [1.165, 1.54) is 4.90 Å². The average molecular weight is 312 g/mol. The molecule has 100 valence electrons. The Morgan fingerprint density at radius 3 is 2.68 bits per heavy atom. The molecule has 0 atom stereocenters. The molecule has 0 radical (unpaired) electrons. The first-order valence-corrected chi connectivity index (χ1v) is 7.84. The first-order chi connectivity index (χ1) is 9.20. The number of para-hydroxylation sites is 1. The van der Waals surface area contributed by atoms with Crippen LogP contribution in [0.4, 0.5) is 5.69 Å². The minimum atomic E-state index is 0.667. The van der Waals surface area contributed by atoms with Crippen molar-refractivity contribution in [2.24, 2.45) is 0 Å². The van der Waals surface area contributed by atoms with Gasteiger partial charge >= 0.3 is 0 Å². The lowest BCUT2D eigenvalue weighted by molar-refractivity contribution is 1.13. The van der Waals surface area contributed by atoms with Gasteiger partial charge in [0, 0.05) is 27.2 Å². The van der Waals surface area contributed by atoms with E-state index >= 15 is 0 Å². The highest BCUT2D eigenvalue weighted by Gasteiger charge is 2.04. The van der Waals surface area contributed by atoms with Crippen LogP contribution in [0.15, 0.2) is 47.4 Å². The summed E-state index contributed by atoms with van der Waals surface area (Å²) in [5.74, 6) is 1.05. The molecule has 0 unspecified atom stereocenters. The highest BCUT2D eigenvalue weighted by molar-refractivity contribution is 7.99. The molecule has 1 nitrogen and oxygen atoms in total. The molecule has 4 heteroatoms. The number of thioether (sulfide) groups is 1. The van der Waals surface area contributed by atoms with Crippen molar-refractivity contribution in [2.75, 3.05) is 11.1 Å². The number of nitrogens with one attached hydrogen (secondary N) is 1. The van der Waals surface area contributed by atoms with Gasteiger partial charge in [0.15, 0.2) is 0 Å². The van der Waals surface area contributed by atoms with Crippen LogP contribution in [0.2, 0.25) is 10.0 Å². The summed E-state index contributed by atoms with van der Waals surface area (Å²) < 4.78 is 0. The first-order valence-electron chi connectivity index (χ1n) is 6.10. The van der Waals surface area contributed by atoms with E-state index < -0.39 is 0 Å². The van der Waals surface area contributed by atoms with Gasteiger partial charge in [-0.2, -0.15) is 0 Å². The van der Waals surface area contributed by atoms with E-state index in [1.54, 1.807) is 6.07 Å². The maximum atomic E-state index is 6.16. The van der Waals surface area contributed by atoms with Gasteiger partial charge in [-0.3, -0.25) is 0 Å². The maximum absolute atomic E-state index is 6.16. The van der Waals surface area contributed by atoms with E-state index in [4.69, 9.17) is 23.2 Å². The summed E-state index contributed by atoms with van der Waals surface area (Å²) in [5.41, 5.74) is 2.14. The second kappa shape index (κ2) is 7.09. The van der Waals surface area contributed by atoms with E-state index in [0.717, 1.165) is 22.0 Å². The zero-order valence-corrected chi connectivity index (χ0v) is 12.9. The molecule has 0 aliphatic carbocycles. The minimum Gasteiger partial charge on any atom is -0.380 e. The van der Waals surface area contributed by atoms with Gasteiger partial charge in [-0.25, -0.2) is 0 Å². The summed E-state index contributed by atoms with van der Waals surface area (Å²) in [5, 5.41) is 4.86. The van der Waals surface area contributed by atoms with Gasteiger partial charge in [-0.15, -0.1) is 11.8 Å². The van der Waals surface area contributed by atoms with Crippen molar-refractivity contribution in [3.05, 3.63) is 58.1 Å². The molecule has 0 aliphatic rings. The summed E-state index contributed by atoms with van der Waals surface area (Å²) in [6.07, 6.45) is 0. The fourth-order valence-electron chi connectivity index (χ4n) is 1.76. The Labute approximate surface area is 128 Å². The Morgan fingerprint density at radius 2 is 1.89 bits per heavy atom. The molecule has 1 N–H and O–H groups in total. The lowest BCUT2D eigenvalue weighted by Gasteiger charge is -2.12. The number of rotatable bonds is 5. The number of hydrogen-bond donors (Lipinski definition) is 1. The van der Waals surface area contributed by atoms with E-state index in [-0.39, 0.29) is 0 Å². The highest BCUT2D eigenvalue weighted by atomic mass is 35.5. The third-order valence-corrected chi connectivity index (χ3v) is 4.22. The van der Waals surface area contributed by atoms with Gasteiger partial charge in [0.1, 0.15) is 0 Å². The van der Waals surface area contributed by atoms with Crippen LogP contribution in [0.1, 0.15) is 12.5 Å². The van der Waals surface area contributed by atoms with Gasteiger partial charge in [0.2, 0.25) is 0 Å². The molecule has 0 bridgehead atoms. The van der Waals surface area contributed by atoms with Crippen molar-refractivity contribution >= 4 is 40.7 Å². The second-order valence-corrected chi connectivity index (χ2v) is 6.17. The first kappa shape index (κ1) is 14.6. The molecule has 2 aromatic carbocycles. The van der Waals surface area contributed by atoms with Crippen molar-refractivity contribution in [2.45, 2.75) is 18.4 Å². The second-order valence-electron chi connectivity index (χ2n) is 4.02.